The van der Waals surface area contributed by atoms with Gasteiger partial charge in [-0.3, -0.25) is 24.6 Å². The third-order valence-electron chi connectivity index (χ3n) is 3.09. The normalized spacial score (nSPS) is 14.3. The SMILES string of the molecule is CC(=CCN1C(=O)c2cccc([N+](=O)[O-])c2C1=O)C(=O)O. The van der Waals surface area contributed by atoms with Crippen LogP contribution in [0.15, 0.2) is 29.8 Å². The number of nitrogens with zero attached hydrogens (tertiary/aromatic N) is 2. The molecule has 0 radical (unpaired) electrons. The lowest BCUT2D eigenvalue weighted by Crippen LogP contribution is -2.30. The summed E-state index contributed by atoms with van der Waals surface area (Å²) in [4.78, 5) is 45.9. The number of carboxylic acid groups (broad SMARTS) is 1. The van der Waals surface area contributed by atoms with Gasteiger partial charge < -0.3 is 5.11 Å². The Morgan fingerprint density at radius 1 is 1.38 bits per heavy atom. The van der Waals surface area contributed by atoms with Crippen molar-refractivity contribution >= 4 is 23.5 Å². The van der Waals surface area contributed by atoms with E-state index in [-0.39, 0.29) is 23.2 Å². The Bertz CT molecular complexity index is 707. The van der Waals surface area contributed by atoms with Gasteiger partial charge in [0.1, 0.15) is 5.56 Å². The van der Waals surface area contributed by atoms with Crippen LogP contribution >= 0.6 is 0 Å². The highest BCUT2D eigenvalue weighted by molar-refractivity contribution is 6.23. The van der Waals surface area contributed by atoms with Crippen molar-refractivity contribution in [2.24, 2.45) is 0 Å². The summed E-state index contributed by atoms with van der Waals surface area (Å²) in [7, 11) is 0. The molecule has 1 aromatic rings. The first-order valence-electron chi connectivity index (χ1n) is 5.88. The number of carbonyl (C=O) groups excluding carboxylic acids is 2. The number of aliphatic carboxylic acids is 1. The van der Waals surface area contributed by atoms with E-state index in [1.54, 1.807) is 0 Å². The lowest BCUT2D eigenvalue weighted by molar-refractivity contribution is -0.385. The summed E-state index contributed by atoms with van der Waals surface area (Å²) in [5.74, 6) is -2.64. The summed E-state index contributed by atoms with van der Waals surface area (Å²) in [6, 6.07) is 3.80. The second kappa shape index (κ2) is 5.16. The Balaban J connectivity index is 2.39. The van der Waals surface area contributed by atoms with Gasteiger partial charge >= 0.3 is 5.97 Å². The largest absolute Gasteiger partial charge is 0.478 e. The van der Waals surface area contributed by atoms with Crippen molar-refractivity contribution in [3.8, 4) is 0 Å². The second-order valence-corrected chi connectivity index (χ2v) is 4.37. The molecule has 21 heavy (non-hydrogen) atoms. The summed E-state index contributed by atoms with van der Waals surface area (Å²) in [5, 5.41) is 19.6. The van der Waals surface area contributed by atoms with Crippen LogP contribution in [-0.4, -0.2) is 39.3 Å². The van der Waals surface area contributed by atoms with Crippen molar-refractivity contribution in [3.05, 3.63) is 51.1 Å². The van der Waals surface area contributed by atoms with Gasteiger partial charge in [-0.05, 0) is 13.0 Å². The third kappa shape index (κ3) is 2.38. The number of imide groups is 1. The van der Waals surface area contributed by atoms with Gasteiger partial charge in [0.05, 0.1) is 10.5 Å². The van der Waals surface area contributed by atoms with E-state index >= 15 is 0 Å². The van der Waals surface area contributed by atoms with Crippen LogP contribution in [0, 0.1) is 10.1 Å². The van der Waals surface area contributed by atoms with Crippen LogP contribution in [0.25, 0.3) is 0 Å². The number of carbonyl (C=O) groups is 3. The predicted molar refractivity (Wildman–Crippen MR) is 69.9 cm³/mol. The molecule has 1 aliphatic rings. The lowest BCUT2D eigenvalue weighted by Gasteiger charge is -2.10. The van der Waals surface area contributed by atoms with Crippen molar-refractivity contribution in [3.63, 3.8) is 0 Å². The average molecular weight is 290 g/mol. The van der Waals surface area contributed by atoms with Gasteiger partial charge in [-0.1, -0.05) is 12.1 Å². The van der Waals surface area contributed by atoms with Crippen LogP contribution in [0.3, 0.4) is 0 Å². The Morgan fingerprint density at radius 3 is 2.62 bits per heavy atom. The molecule has 2 amide bonds. The number of hydrogen-bond donors (Lipinski definition) is 1. The Kier molecular flexibility index (Phi) is 3.53. The molecule has 0 atom stereocenters. The van der Waals surface area contributed by atoms with Crippen molar-refractivity contribution in [2.45, 2.75) is 6.92 Å². The van der Waals surface area contributed by atoms with E-state index in [9.17, 15) is 24.5 Å². The van der Waals surface area contributed by atoms with Crippen LogP contribution in [0.1, 0.15) is 27.6 Å². The number of benzene rings is 1. The van der Waals surface area contributed by atoms with Crippen molar-refractivity contribution < 1.29 is 24.4 Å². The molecule has 1 N–H and O–H groups in total. The van der Waals surface area contributed by atoms with Crippen molar-refractivity contribution in [1.82, 2.24) is 4.90 Å². The molecule has 0 saturated heterocycles. The zero-order valence-electron chi connectivity index (χ0n) is 10.9. The van der Waals surface area contributed by atoms with E-state index in [0.29, 0.717) is 0 Å². The molecule has 0 aliphatic carbocycles. The second-order valence-electron chi connectivity index (χ2n) is 4.37. The Morgan fingerprint density at radius 2 is 2.05 bits per heavy atom. The van der Waals surface area contributed by atoms with Crippen molar-refractivity contribution in [2.75, 3.05) is 6.54 Å². The summed E-state index contributed by atoms with van der Waals surface area (Å²) in [6.07, 6.45) is 1.20. The molecule has 0 unspecified atom stereocenters. The van der Waals surface area contributed by atoms with E-state index in [0.717, 1.165) is 11.0 Å². The van der Waals surface area contributed by atoms with E-state index in [1.807, 2.05) is 0 Å². The maximum absolute atomic E-state index is 12.1. The maximum atomic E-state index is 12.1. The van der Waals surface area contributed by atoms with Gasteiger partial charge in [0.15, 0.2) is 0 Å². The van der Waals surface area contributed by atoms with E-state index in [1.165, 1.54) is 25.1 Å². The van der Waals surface area contributed by atoms with Gasteiger partial charge in [0.25, 0.3) is 17.5 Å². The van der Waals surface area contributed by atoms with E-state index < -0.39 is 28.4 Å². The first-order chi connectivity index (χ1) is 9.84. The van der Waals surface area contributed by atoms with E-state index in [4.69, 9.17) is 5.11 Å². The van der Waals surface area contributed by atoms with Gasteiger partial charge in [-0.2, -0.15) is 0 Å². The number of rotatable bonds is 4. The molecule has 108 valence electrons. The molecular formula is C13H10N2O6. The van der Waals surface area contributed by atoms with Crippen LogP contribution in [0.2, 0.25) is 0 Å². The predicted octanol–water partition coefficient (Wildman–Crippen LogP) is 1.22. The molecule has 0 fully saturated rings. The van der Waals surface area contributed by atoms with Crippen LogP contribution in [-0.2, 0) is 4.79 Å². The number of nitro groups is 1. The molecule has 1 heterocycles. The Hall–Kier alpha value is -3.03. The minimum absolute atomic E-state index is 0.0268. The fourth-order valence-corrected chi connectivity index (χ4v) is 1.95. The molecule has 0 bridgehead atoms. The molecule has 1 aliphatic heterocycles. The first kappa shape index (κ1) is 14.4. The van der Waals surface area contributed by atoms with Crippen LogP contribution in [0.5, 0.6) is 0 Å². The molecule has 0 spiro atoms. The Labute approximate surface area is 118 Å². The summed E-state index contributed by atoms with van der Waals surface area (Å²) < 4.78 is 0. The highest BCUT2D eigenvalue weighted by atomic mass is 16.6. The molecule has 1 aromatic carbocycles. The minimum atomic E-state index is -1.17. The molecule has 0 aromatic heterocycles. The topological polar surface area (TPSA) is 118 Å². The molecular weight excluding hydrogens is 280 g/mol. The van der Waals surface area contributed by atoms with Gasteiger partial charge in [0, 0.05) is 18.2 Å². The summed E-state index contributed by atoms with van der Waals surface area (Å²) >= 11 is 0. The highest BCUT2D eigenvalue weighted by Gasteiger charge is 2.40. The smallest absolute Gasteiger partial charge is 0.331 e. The lowest BCUT2D eigenvalue weighted by atomic mass is 10.1. The molecule has 8 heteroatoms. The third-order valence-corrected chi connectivity index (χ3v) is 3.09. The number of carboxylic acids is 1. The standard InChI is InChI=1S/C13H10N2O6/c1-7(13(18)19)5-6-14-11(16)8-3-2-4-9(15(20)21)10(8)12(14)17/h2-5H,6H2,1H3,(H,18,19). The maximum Gasteiger partial charge on any atom is 0.331 e. The quantitative estimate of drug-likeness (QED) is 0.385. The van der Waals surface area contributed by atoms with E-state index in [2.05, 4.69) is 0 Å². The monoisotopic (exact) mass is 290 g/mol. The fourth-order valence-electron chi connectivity index (χ4n) is 1.95. The zero-order chi connectivity index (χ0) is 15.7. The highest BCUT2D eigenvalue weighted by Crippen LogP contribution is 2.30. The number of amides is 2. The summed E-state index contributed by atoms with van der Waals surface area (Å²) in [5.41, 5.74) is -0.766. The number of fused-ring (bicyclic) bond motifs is 1. The molecule has 0 saturated carbocycles. The average Bonchev–Trinajstić information content (AvgIpc) is 2.68. The van der Waals surface area contributed by atoms with Crippen molar-refractivity contribution in [1.29, 1.82) is 0 Å². The van der Waals surface area contributed by atoms with Gasteiger partial charge in [-0.15, -0.1) is 0 Å². The fraction of sp³-hybridized carbons (Fsp3) is 0.154. The van der Waals surface area contributed by atoms with Gasteiger partial charge in [0.2, 0.25) is 0 Å². The van der Waals surface area contributed by atoms with Crippen LogP contribution < -0.4 is 0 Å². The number of nitro benzene ring substituents is 1. The molecule has 2 rings (SSSR count). The van der Waals surface area contributed by atoms with Crippen LogP contribution in [0.4, 0.5) is 5.69 Å². The number of hydrogen-bond acceptors (Lipinski definition) is 5. The van der Waals surface area contributed by atoms with Gasteiger partial charge in [-0.25, -0.2) is 4.79 Å². The summed E-state index contributed by atoms with van der Waals surface area (Å²) in [6.45, 7) is 1.07. The zero-order valence-corrected chi connectivity index (χ0v) is 10.9. The minimum Gasteiger partial charge on any atom is -0.478 e. The first-order valence-corrected chi connectivity index (χ1v) is 5.88. The molecule has 8 nitrogen and oxygen atoms in total.